The number of hydrogen-bond acceptors (Lipinski definition) is 3. The second-order valence-corrected chi connectivity index (χ2v) is 7.37. The molecule has 5 nitrogen and oxygen atoms in total. The van der Waals surface area contributed by atoms with Crippen molar-refractivity contribution < 1.29 is 4.79 Å². The molecule has 4 rings (SSSR count). The van der Waals surface area contributed by atoms with Gasteiger partial charge in [0.2, 0.25) is 5.91 Å². The maximum atomic E-state index is 12.8. The minimum Gasteiger partial charge on any atom is -0.336 e. The Morgan fingerprint density at radius 3 is 2.58 bits per heavy atom. The molecule has 3 aliphatic rings. The van der Waals surface area contributed by atoms with Crippen molar-refractivity contribution in [2.75, 3.05) is 6.54 Å². The summed E-state index contributed by atoms with van der Waals surface area (Å²) in [7, 11) is 1.94. The summed E-state index contributed by atoms with van der Waals surface area (Å²) < 4.78 is 1.83. The zero-order valence-electron chi connectivity index (χ0n) is 14.2. The van der Waals surface area contributed by atoms with Crippen molar-refractivity contribution in [3.8, 4) is 0 Å². The molecule has 1 aromatic rings. The van der Waals surface area contributed by atoms with Gasteiger partial charge in [-0.15, -0.1) is 24.8 Å². The average molecular weight is 375 g/mol. The number of nitrogens with zero attached hydrogens (tertiary/aromatic N) is 3. The smallest absolute Gasteiger partial charge is 0.223 e. The van der Waals surface area contributed by atoms with Gasteiger partial charge in [-0.2, -0.15) is 5.10 Å². The highest BCUT2D eigenvalue weighted by Crippen LogP contribution is 2.36. The fourth-order valence-electron chi connectivity index (χ4n) is 4.73. The molecule has 4 heterocycles. The first-order chi connectivity index (χ1) is 10.7. The zero-order chi connectivity index (χ0) is 15.1. The van der Waals surface area contributed by atoms with Crippen molar-refractivity contribution in [2.45, 2.75) is 63.1 Å². The van der Waals surface area contributed by atoms with E-state index < -0.39 is 0 Å². The van der Waals surface area contributed by atoms with Gasteiger partial charge in [0.25, 0.3) is 0 Å². The molecule has 3 saturated heterocycles. The quantitative estimate of drug-likeness (QED) is 0.884. The summed E-state index contributed by atoms with van der Waals surface area (Å²) in [5, 5.41) is 7.93. The van der Waals surface area contributed by atoms with Crippen LogP contribution in [0.4, 0.5) is 0 Å². The van der Waals surface area contributed by atoms with E-state index in [1.807, 2.05) is 17.9 Å². The third kappa shape index (κ3) is 3.89. The monoisotopic (exact) mass is 374 g/mol. The van der Waals surface area contributed by atoms with Crippen LogP contribution in [-0.2, 0) is 11.8 Å². The fraction of sp³-hybridized carbons (Fsp3) is 0.765. The Balaban J connectivity index is 0.00000104. The van der Waals surface area contributed by atoms with Crippen molar-refractivity contribution in [1.29, 1.82) is 0 Å². The zero-order valence-corrected chi connectivity index (χ0v) is 15.8. The average Bonchev–Trinajstić information content (AvgIpc) is 3.19. The molecule has 3 unspecified atom stereocenters. The molecule has 0 aliphatic carbocycles. The van der Waals surface area contributed by atoms with Gasteiger partial charge in [0.05, 0.1) is 12.2 Å². The summed E-state index contributed by atoms with van der Waals surface area (Å²) in [5.41, 5.74) is 1.19. The molecule has 7 heteroatoms. The van der Waals surface area contributed by atoms with E-state index in [2.05, 4.69) is 21.5 Å². The van der Waals surface area contributed by atoms with Crippen LogP contribution in [0.1, 0.15) is 56.6 Å². The summed E-state index contributed by atoms with van der Waals surface area (Å²) >= 11 is 0. The summed E-state index contributed by atoms with van der Waals surface area (Å²) in [6.45, 7) is 0.913. The number of fused-ring (bicyclic) bond motifs is 2. The van der Waals surface area contributed by atoms with E-state index in [0.717, 1.165) is 25.8 Å². The van der Waals surface area contributed by atoms with Crippen LogP contribution in [0.2, 0.25) is 0 Å². The lowest BCUT2D eigenvalue weighted by Gasteiger charge is -2.31. The highest BCUT2D eigenvalue weighted by molar-refractivity contribution is 5.85. The van der Waals surface area contributed by atoms with Crippen LogP contribution in [-0.4, -0.2) is 39.2 Å². The van der Waals surface area contributed by atoms with Gasteiger partial charge in [-0.25, -0.2) is 0 Å². The summed E-state index contributed by atoms with van der Waals surface area (Å²) in [4.78, 5) is 14.9. The van der Waals surface area contributed by atoms with Crippen LogP contribution in [0, 0.1) is 5.92 Å². The van der Waals surface area contributed by atoms with Gasteiger partial charge in [0, 0.05) is 43.9 Å². The van der Waals surface area contributed by atoms with E-state index in [1.54, 1.807) is 0 Å². The minimum atomic E-state index is 0. The molecule has 1 aromatic heterocycles. The Labute approximate surface area is 156 Å². The molecule has 0 saturated carbocycles. The summed E-state index contributed by atoms with van der Waals surface area (Å²) in [5.74, 6) is 0.944. The first-order valence-corrected chi connectivity index (χ1v) is 8.73. The van der Waals surface area contributed by atoms with Gasteiger partial charge in [-0.3, -0.25) is 9.48 Å². The van der Waals surface area contributed by atoms with Crippen LogP contribution in [0.25, 0.3) is 0 Å². The molecule has 2 bridgehead atoms. The number of carbonyl (C=O) groups is 1. The van der Waals surface area contributed by atoms with Crippen molar-refractivity contribution in [2.24, 2.45) is 13.0 Å². The lowest BCUT2D eigenvalue weighted by molar-refractivity contribution is -0.133. The number of hydrogen-bond donors (Lipinski definition) is 1. The Morgan fingerprint density at radius 2 is 1.96 bits per heavy atom. The molecule has 3 atom stereocenters. The van der Waals surface area contributed by atoms with E-state index in [-0.39, 0.29) is 30.9 Å². The first kappa shape index (κ1) is 19.5. The lowest BCUT2D eigenvalue weighted by atomic mass is 9.89. The first-order valence-electron chi connectivity index (χ1n) is 8.73. The van der Waals surface area contributed by atoms with Gasteiger partial charge in [-0.05, 0) is 44.4 Å². The minimum absolute atomic E-state index is 0. The van der Waals surface area contributed by atoms with Crippen molar-refractivity contribution in [3.05, 3.63) is 18.0 Å². The number of nitrogens with one attached hydrogen (secondary N) is 1. The predicted octanol–water partition coefficient (Wildman–Crippen LogP) is 2.85. The predicted molar refractivity (Wildman–Crippen MR) is 98.7 cm³/mol. The highest BCUT2D eigenvalue weighted by atomic mass is 35.5. The van der Waals surface area contributed by atoms with E-state index in [4.69, 9.17) is 0 Å². The highest BCUT2D eigenvalue weighted by Gasteiger charge is 2.37. The second-order valence-electron chi connectivity index (χ2n) is 7.37. The number of rotatable bonds is 3. The Kier molecular flexibility index (Phi) is 6.57. The molecule has 1 N–H and O–H groups in total. The number of piperidine rings is 1. The number of aryl methyl sites for hydroxylation is 1. The normalized spacial score (nSPS) is 31.5. The number of aromatic nitrogens is 2. The van der Waals surface area contributed by atoms with Gasteiger partial charge < -0.3 is 10.2 Å². The van der Waals surface area contributed by atoms with Crippen molar-refractivity contribution in [3.63, 3.8) is 0 Å². The number of likely N-dealkylation sites (tertiary alicyclic amines) is 1. The van der Waals surface area contributed by atoms with Crippen molar-refractivity contribution in [1.82, 2.24) is 20.0 Å². The maximum absolute atomic E-state index is 12.8. The van der Waals surface area contributed by atoms with E-state index in [9.17, 15) is 4.79 Å². The van der Waals surface area contributed by atoms with Crippen LogP contribution >= 0.6 is 24.8 Å². The van der Waals surface area contributed by atoms with Crippen LogP contribution in [0.5, 0.6) is 0 Å². The number of carbonyl (C=O) groups excluding carboxylic acids is 1. The molecule has 0 spiro atoms. The molecule has 0 radical (unpaired) electrons. The Bertz CT molecular complexity index is 553. The van der Waals surface area contributed by atoms with Gasteiger partial charge >= 0.3 is 0 Å². The topological polar surface area (TPSA) is 50.2 Å². The molecule has 24 heavy (non-hydrogen) atoms. The molecule has 0 aromatic carbocycles. The van der Waals surface area contributed by atoms with Crippen molar-refractivity contribution >= 4 is 30.7 Å². The molecular weight excluding hydrogens is 347 g/mol. The molecular formula is C17H28Cl2N4O. The SMILES string of the molecule is Cl.Cl.Cn1cc(C2CCCN2C(=O)CC2CC3CCC(C2)N3)cn1. The maximum Gasteiger partial charge on any atom is 0.223 e. The van der Waals surface area contributed by atoms with Crippen LogP contribution in [0.3, 0.4) is 0 Å². The second kappa shape index (κ2) is 8.07. The van der Waals surface area contributed by atoms with E-state index in [0.29, 0.717) is 23.9 Å². The third-order valence-electron chi connectivity index (χ3n) is 5.72. The number of halogens is 2. The van der Waals surface area contributed by atoms with Crippen LogP contribution in [0.15, 0.2) is 12.4 Å². The Hall–Kier alpha value is -0.780. The standard InChI is InChI=1S/C17H26N4O.2ClH/c1-20-11-13(10-18-20)16-3-2-6-21(16)17(22)9-12-7-14-4-5-15(8-12)19-14;;/h10-12,14-16,19H,2-9H2,1H3;2*1H. The third-order valence-corrected chi connectivity index (χ3v) is 5.72. The molecule has 1 amide bonds. The van der Waals surface area contributed by atoms with E-state index >= 15 is 0 Å². The van der Waals surface area contributed by atoms with Gasteiger partial charge in [0.1, 0.15) is 0 Å². The number of amides is 1. The molecule has 3 aliphatic heterocycles. The van der Waals surface area contributed by atoms with Gasteiger partial charge in [-0.1, -0.05) is 0 Å². The lowest BCUT2D eigenvalue weighted by Crippen LogP contribution is -2.40. The largest absolute Gasteiger partial charge is 0.336 e. The van der Waals surface area contributed by atoms with Gasteiger partial charge in [0.15, 0.2) is 0 Å². The molecule has 136 valence electrons. The Morgan fingerprint density at radius 1 is 1.25 bits per heavy atom. The summed E-state index contributed by atoms with van der Waals surface area (Å²) in [6.07, 6.45) is 11.9. The molecule has 3 fully saturated rings. The fourth-order valence-corrected chi connectivity index (χ4v) is 4.73. The summed E-state index contributed by atoms with van der Waals surface area (Å²) in [6, 6.07) is 1.59. The van der Waals surface area contributed by atoms with E-state index in [1.165, 1.54) is 31.2 Å². The van der Waals surface area contributed by atoms with Crippen LogP contribution < -0.4 is 5.32 Å².